The standard InChI is InChI=1S/C9H8S/c1-2-8-10-9-6-4-3-5-7-9/h3-8H,1H2. The SMILES string of the molecule is C=C=CSc1ccccc1. The lowest BCUT2D eigenvalue weighted by Gasteiger charge is -1.90. The number of benzene rings is 1. The molecule has 0 aliphatic heterocycles. The average Bonchev–Trinajstić information content (AvgIpc) is 2.03. The highest BCUT2D eigenvalue weighted by Gasteiger charge is 1.83. The van der Waals surface area contributed by atoms with E-state index in [-0.39, 0.29) is 0 Å². The van der Waals surface area contributed by atoms with E-state index in [1.54, 1.807) is 11.8 Å². The second kappa shape index (κ2) is 3.99. The molecule has 1 heteroatoms. The lowest BCUT2D eigenvalue weighted by atomic mass is 10.4. The van der Waals surface area contributed by atoms with Crippen LogP contribution in [0.15, 0.2) is 52.9 Å². The van der Waals surface area contributed by atoms with Crippen LogP contribution in [0.3, 0.4) is 0 Å². The molecule has 0 nitrogen and oxygen atoms in total. The molecule has 0 spiro atoms. The summed E-state index contributed by atoms with van der Waals surface area (Å²) in [7, 11) is 0. The van der Waals surface area contributed by atoms with Crippen LogP contribution in [0.25, 0.3) is 0 Å². The maximum absolute atomic E-state index is 3.47. The third-order valence-corrected chi connectivity index (χ3v) is 1.85. The molecule has 0 amide bonds. The molecule has 0 aliphatic carbocycles. The molecule has 0 heterocycles. The van der Waals surface area contributed by atoms with Gasteiger partial charge in [-0.3, -0.25) is 0 Å². The van der Waals surface area contributed by atoms with Gasteiger partial charge in [-0.15, -0.1) is 5.73 Å². The van der Waals surface area contributed by atoms with Crippen LogP contribution in [0, 0.1) is 0 Å². The fraction of sp³-hybridized carbons (Fsp3) is 0. The molecule has 0 aliphatic rings. The van der Waals surface area contributed by atoms with Crippen molar-refractivity contribution >= 4 is 11.8 Å². The van der Waals surface area contributed by atoms with Crippen LogP contribution in [-0.2, 0) is 0 Å². The molecule has 1 aromatic carbocycles. The van der Waals surface area contributed by atoms with Crippen molar-refractivity contribution < 1.29 is 0 Å². The number of hydrogen-bond donors (Lipinski definition) is 0. The number of thioether (sulfide) groups is 1. The van der Waals surface area contributed by atoms with Crippen molar-refractivity contribution in [2.24, 2.45) is 0 Å². The highest BCUT2D eigenvalue weighted by Crippen LogP contribution is 2.16. The van der Waals surface area contributed by atoms with E-state index in [1.165, 1.54) is 4.90 Å². The summed E-state index contributed by atoms with van der Waals surface area (Å²) in [5, 5.41) is 1.84. The van der Waals surface area contributed by atoms with Crippen molar-refractivity contribution in [1.29, 1.82) is 0 Å². The van der Waals surface area contributed by atoms with Crippen LogP contribution >= 0.6 is 11.8 Å². The molecule has 0 atom stereocenters. The molecule has 10 heavy (non-hydrogen) atoms. The van der Waals surface area contributed by atoms with E-state index < -0.39 is 0 Å². The van der Waals surface area contributed by atoms with Gasteiger partial charge in [0, 0.05) is 10.3 Å². The second-order valence-electron chi connectivity index (χ2n) is 1.75. The fourth-order valence-electron chi connectivity index (χ4n) is 0.609. The summed E-state index contributed by atoms with van der Waals surface area (Å²) >= 11 is 1.62. The van der Waals surface area contributed by atoms with Gasteiger partial charge in [0.25, 0.3) is 0 Å². The molecule has 0 bridgehead atoms. The van der Waals surface area contributed by atoms with E-state index in [9.17, 15) is 0 Å². The van der Waals surface area contributed by atoms with Gasteiger partial charge in [0.15, 0.2) is 0 Å². The van der Waals surface area contributed by atoms with Crippen LogP contribution in [0.4, 0.5) is 0 Å². The average molecular weight is 148 g/mol. The van der Waals surface area contributed by atoms with Gasteiger partial charge < -0.3 is 0 Å². The first-order valence-corrected chi connectivity index (χ1v) is 3.87. The summed E-state index contributed by atoms with van der Waals surface area (Å²) < 4.78 is 0. The minimum atomic E-state index is 1.22. The quantitative estimate of drug-likeness (QED) is 0.459. The Morgan fingerprint density at radius 1 is 1.30 bits per heavy atom. The van der Waals surface area contributed by atoms with E-state index in [0.717, 1.165) is 0 Å². The van der Waals surface area contributed by atoms with E-state index in [4.69, 9.17) is 0 Å². The van der Waals surface area contributed by atoms with Crippen molar-refractivity contribution in [2.45, 2.75) is 4.90 Å². The molecule has 1 aromatic rings. The summed E-state index contributed by atoms with van der Waals surface area (Å²) in [5.74, 6) is 0. The van der Waals surface area contributed by atoms with Crippen molar-refractivity contribution in [2.75, 3.05) is 0 Å². The Morgan fingerprint density at radius 2 is 2.00 bits per heavy atom. The van der Waals surface area contributed by atoms with Gasteiger partial charge >= 0.3 is 0 Å². The van der Waals surface area contributed by atoms with Gasteiger partial charge in [-0.2, -0.15) is 0 Å². The molecule has 0 fully saturated rings. The molecule has 0 saturated carbocycles. The second-order valence-corrected chi connectivity index (χ2v) is 2.70. The third-order valence-electron chi connectivity index (χ3n) is 1.02. The smallest absolute Gasteiger partial charge is 0.0172 e. The Kier molecular flexibility index (Phi) is 2.88. The van der Waals surface area contributed by atoms with Crippen LogP contribution in [-0.4, -0.2) is 0 Å². The van der Waals surface area contributed by atoms with E-state index in [2.05, 4.69) is 24.4 Å². The van der Waals surface area contributed by atoms with Crippen molar-refractivity contribution in [3.05, 3.63) is 48.1 Å². The van der Waals surface area contributed by atoms with Gasteiger partial charge in [0.1, 0.15) is 0 Å². The van der Waals surface area contributed by atoms with Crippen LogP contribution in [0.5, 0.6) is 0 Å². The molecule has 50 valence electrons. The molecular formula is C9H8S. The minimum Gasteiger partial charge on any atom is -0.121 e. The van der Waals surface area contributed by atoms with Gasteiger partial charge in [-0.05, 0) is 12.1 Å². The summed E-state index contributed by atoms with van der Waals surface area (Å²) in [6.45, 7) is 3.47. The zero-order chi connectivity index (χ0) is 7.23. The fourth-order valence-corrected chi connectivity index (χ4v) is 1.14. The van der Waals surface area contributed by atoms with E-state index in [1.807, 2.05) is 23.6 Å². The maximum Gasteiger partial charge on any atom is 0.0172 e. The largest absolute Gasteiger partial charge is 0.121 e. The highest BCUT2D eigenvalue weighted by molar-refractivity contribution is 8.02. The monoisotopic (exact) mass is 148 g/mol. The molecule has 0 unspecified atom stereocenters. The van der Waals surface area contributed by atoms with Gasteiger partial charge in [-0.25, -0.2) is 0 Å². The van der Waals surface area contributed by atoms with Crippen LogP contribution in [0.1, 0.15) is 0 Å². The summed E-state index contributed by atoms with van der Waals surface area (Å²) in [4.78, 5) is 1.22. The summed E-state index contributed by atoms with van der Waals surface area (Å²) in [6, 6.07) is 10.1. The Hall–Kier alpha value is -0.910. The number of hydrogen-bond acceptors (Lipinski definition) is 1. The minimum absolute atomic E-state index is 1.22. The first-order valence-electron chi connectivity index (χ1n) is 2.99. The van der Waals surface area contributed by atoms with Crippen molar-refractivity contribution in [3.8, 4) is 0 Å². The molecule has 0 N–H and O–H groups in total. The Balaban J connectivity index is 2.67. The summed E-state index contributed by atoms with van der Waals surface area (Å²) in [5.41, 5.74) is 2.70. The Morgan fingerprint density at radius 3 is 2.60 bits per heavy atom. The van der Waals surface area contributed by atoms with Gasteiger partial charge in [0.05, 0.1) is 0 Å². The van der Waals surface area contributed by atoms with Crippen LogP contribution < -0.4 is 0 Å². The zero-order valence-electron chi connectivity index (χ0n) is 5.58. The topological polar surface area (TPSA) is 0 Å². The normalized spacial score (nSPS) is 8.40. The summed E-state index contributed by atoms with van der Waals surface area (Å²) in [6.07, 6.45) is 0. The van der Waals surface area contributed by atoms with E-state index >= 15 is 0 Å². The molecular weight excluding hydrogens is 140 g/mol. The molecule has 0 aromatic heterocycles. The lowest BCUT2D eigenvalue weighted by Crippen LogP contribution is -1.62. The van der Waals surface area contributed by atoms with Gasteiger partial charge in [0.2, 0.25) is 0 Å². The Labute approximate surface area is 65.3 Å². The number of rotatable bonds is 2. The molecule has 1 rings (SSSR count). The Bertz CT molecular complexity index is 232. The van der Waals surface area contributed by atoms with Crippen LogP contribution in [0.2, 0.25) is 0 Å². The first kappa shape index (κ1) is 7.20. The van der Waals surface area contributed by atoms with Crippen molar-refractivity contribution in [3.63, 3.8) is 0 Å². The third kappa shape index (κ3) is 2.14. The maximum atomic E-state index is 3.47. The molecule has 0 radical (unpaired) electrons. The lowest BCUT2D eigenvalue weighted by molar-refractivity contribution is 1.47. The predicted octanol–water partition coefficient (Wildman–Crippen LogP) is 3.08. The highest BCUT2D eigenvalue weighted by atomic mass is 32.2. The van der Waals surface area contributed by atoms with E-state index in [0.29, 0.717) is 0 Å². The first-order chi connectivity index (χ1) is 4.93. The van der Waals surface area contributed by atoms with Gasteiger partial charge in [-0.1, -0.05) is 36.5 Å². The zero-order valence-corrected chi connectivity index (χ0v) is 6.40. The molecule has 0 saturated heterocycles. The predicted molar refractivity (Wildman–Crippen MR) is 46.0 cm³/mol. The van der Waals surface area contributed by atoms with Crippen molar-refractivity contribution in [1.82, 2.24) is 0 Å².